The summed E-state index contributed by atoms with van der Waals surface area (Å²) in [6, 6.07) is 6.30. The molecule has 5 nitrogen and oxygen atoms in total. The molecule has 2 atom stereocenters. The Bertz CT molecular complexity index is 549. The SMILES string of the molecule is CCCNCC1OCCN(C)C1c1cn2ccccc2n1. The van der Waals surface area contributed by atoms with E-state index >= 15 is 0 Å². The van der Waals surface area contributed by atoms with Crippen LogP contribution in [-0.2, 0) is 4.74 Å². The molecule has 1 N–H and O–H groups in total. The maximum Gasteiger partial charge on any atom is 0.137 e. The Morgan fingerprint density at radius 2 is 2.33 bits per heavy atom. The van der Waals surface area contributed by atoms with E-state index in [1.807, 2.05) is 24.4 Å². The van der Waals surface area contributed by atoms with Gasteiger partial charge in [0.05, 0.1) is 24.4 Å². The molecule has 21 heavy (non-hydrogen) atoms. The van der Waals surface area contributed by atoms with Crippen molar-refractivity contribution in [3.05, 3.63) is 36.3 Å². The minimum absolute atomic E-state index is 0.153. The van der Waals surface area contributed by atoms with E-state index in [1.54, 1.807) is 0 Å². The molecule has 1 aliphatic rings. The Balaban J connectivity index is 1.83. The van der Waals surface area contributed by atoms with E-state index in [9.17, 15) is 0 Å². The Kier molecular flexibility index (Phi) is 4.53. The van der Waals surface area contributed by atoms with E-state index in [4.69, 9.17) is 9.72 Å². The summed E-state index contributed by atoms with van der Waals surface area (Å²) in [5, 5.41) is 3.47. The van der Waals surface area contributed by atoms with Gasteiger partial charge in [-0.15, -0.1) is 0 Å². The number of hydrogen-bond donors (Lipinski definition) is 1. The Labute approximate surface area is 125 Å². The second-order valence-electron chi connectivity index (χ2n) is 5.67. The monoisotopic (exact) mass is 288 g/mol. The molecule has 2 aromatic rings. The molecule has 0 aliphatic carbocycles. The molecule has 3 heterocycles. The zero-order valence-corrected chi connectivity index (χ0v) is 12.8. The van der Waals surface area contributed by atoms with Gasteiger partial charge >= 0.3 is 0 Å². The molecule has 1 saturated heterocycles. The topological polar surface area (TPSA) is 41.8 Å². The zero-order valence-electron chi connectivity index (χ0n) is 12.8. The van der Waals surface area contributed by atoms with Crippen molar-refractivity contribution in [1.82, 2.24) is 19.6 Å². The number of aromatic nitrogens is 2. The van der Waals surface area contributed by atoms with Crippen molar-refractivity contribution in [1.29, 1.82) is 0 Å². The molecule has 3 rings (SSSR count). The van der Waals surface area contributed by atoms with E-state index in [-0.39, 0.29) is 12.1 Å². The molecular weight excluding hydrogens is 264 g/mol. The van der Waals surface area contributed by atoms with Crippen LogP contribution in [0.1, 0.15) is 25.1 Å². The van der Waals surface area contributed by atoms with Gasteiger partial charge in [0.15, 0.2) is 0 Å². The Morgan fingerprint density at radius 1 is 1.43 bits per heavy atom. The number of pyridine rings is 1. The van der Waals surface area contributed by atoms with Crippen LogP contribution in [0.25, 0.3) is 5.65 Å². The lowest BCUT2D eigenvalue weighted by molar-refractivity contribution is -0.0624. The summed E-state index contributed by atoms with van der Waals surface area (Å²) >= 11 is 0. The van der Waals surface area contributed by atoms with Gasteiger partial charge in [-0.3, -0.25) is 4.90 Å². The number of ether oxygens (including phenoxy) is 1. The number of nitrogens with one attached hydrogen (secondary N) is 1. The standard InChI is InChI=1S/C16H24N4O/c1-3-7-17-11-14-16(19(2)9-10-21-14)13-12-20-8-5-4-6-15(20)18-13/h4-6,8,12,14,16-17H,3,7,9-11H2,1-2H3. The number of hydrogen-bond acceptors (Lipinski definition) is 4. The molecule has 0 amide bonds. The molecule has 2 unspecified atom stereocenters. The van der Waals surface area contributed by atoms with Gasteiger partial charge in [0, 0.05) is 25.5 Å². The van der Waals surface area contributed by atoms with Crippen LogP contribution in [-0.4, -0.2) is 53.7 Å². The molecule has 0 saturated carbocycles. The third kappa shape index (κ3) is 3.10. The first kappa shape index (κ1) is 14.5. The normalized spacial score (nSPS) is 23.7. The molecule has 5 heteroatoms. The largest absolute Gasteiger partial charge is 0.374 e. The summed E-state index contributed by atoms with van der Waals surface area (Å²) in [4.78, 5) is 7.13. The van der Waals surface area contributed by atoms with Crippen LogP contribution >= 0.6 is 0 Å². The highest BCUT2D eigenvalue weighted by Gasteiger charge is 2.32. The van der Waals surface area contributed by atoms with Crippen molar-refractivity contribution in [2.45, 2.75) is 25.5 Å². The van der Waals surface area contributed by atoms with Crippen molar-refractivity contribution < 1.29 is 4.74 Å². The second-order valence-corrected chi connectivity index (χ2v) is 5.67. The predicted molar refractivity (Wildman–Crippen MR) is 83.5 cm³/mol. The van der Waals surface area contributed by atoms with Crippen LogP contribution < -0.4 is 5.32 Å². The molecule has 0 radical (unpaired) electrons. The van der Waals surface area contributed by atoms with E-state index in [0.29, 0.717) is 0 Å². The molecular formula is C16H24N4O. The summed E-state index contributed by atoms with van der Waals surface area (Å²) in [5.41, 5.74) is 2.08. The zero-order chi connectivity index (χ0) is 14.7. The fraction of sp³-hybridized carbons (Fsp3) is 0.562. The highest BCUT2D eigenvalue weighted by molar-refractivity contribution is 5.40. The number of nitrogens with zero attached hydrogens (tertiary/aromatic N) is 3. The van der Waals surface area contributed by atoms with Crippen LogP contribution in [0.2, 0.25) is 0 Å². The predicted octanol–water partition coefficient (Wildman–Crippen LogP) is 1.71. The summed E-state index contributed by atoms with van der Waals surface area (Å²) in [7, 11) is 2.16. The third-order valence-corrected chi connectivity index (χ3v) is 4.06. The third-order valence-electron chi connectivity index (χ3n) is 4.06. The van der Waals surface area contributed by atoms with Crippen LogP contribution in [0, 0.1) is 0 Å². The van der Waals surface area contributed by atoms with Crippen molar-refractivity contribution in [3.63, 3.8) is 0 Å². The number of rotatable bonds is 5. The van der Waals surface area contributed by atoms with E-state index in [1.165, 1.54) is 0 Å². The summed E-state index contributed by atoms with van der Waals surface area (Å²) in [5.74, 6) is 0. The van der Waals surface area contributed by atoms with Gasteiger partial charge < -0.3 is 14.5 Å². The van der Waals surface area contributed by atoms with Crippen molar-refractivity contribution in [2.75, 3.05) is 33.3 Å². The van der Waals surface area contributed by atoms with Crippen LogP contribution in [0.5, 0.6) is 0 Å². The summed E-state index contributed by atoms with van der Waals surface area (Å²) < 4.78 is 8.08. The lowest BCUT2D eigenvalue weighted by Crippen LogP contribution is -2.47. The maximum absolute atomic E-state index is 6.00. The van der Waals surface area contributed by atoms with Crippen molar-refractivity contribution >= 4 is 5.65 Å². The van der Waals surface area contributed by atoms with Crippen molar-refractivity contribution in [2.24, 2.45) is 0 Å². The fourth-order valence-corrected chi connectivity index (χ4v) is 2.97. The number of likely N-dealkylation sites (N-methyl/N-ethyl adjacent to an activating group) is 1. The van der Waals surface area contributed by atoms with Crippen LogP contribution in [0.4, 0.5) is 0 Å². The molecule has 1 fully saturated rings. The van der Waals surface area contributed by atoms with E-state index < -0.39 is 0 Å². The Hall–Kier alpha value is -1.43. The second kappa shape index (κ2) is 6.56. The average Bonchev–Trinajstić information content (AvgIpc) is 2.91. The highest BCUT2D eigenvalue weighted by atomic mass is 16.5. The van der Waals surface area contributed by atoms with Gasteiger partial charge in [-0.1, -0.05) is 13.0 Å². The average molecular weight is 288 g/mol. The molecule has 0 bridgehead atoms. The number of imidazole rings is 1. The first-order valence-corrected chi connectivity index (χ1v) is 7.76. The smallest absolute Gasteiger partial charge is 0.137 e. The van der Waals surface area contributed by atoms with E-state index in [2.05, 4.69) is 34.8 Å². The Morgan fingerprint density at radius 3 is 3.14 bits per heavy atom. The molecule has 0 aromatic carbocycles. The van der Waals surface area contributed by atoms with Gasteiger partial charge in [-0.25, -0.2) is 4.98 Å². The van der Waals surface area contributed by atoms with Gasteiger partial charge in [-0.05, 0) is 32.1 Å². The molecule has 0 spiro atoms. The number of fused-ring (bicyclic) bond motifs is 1. The van der Waals surface area contributed by atoms with Gasteiger partial charge in [0.2, 0.25) is 0 Å². The lowest BCUT2D eigenvalue weighted by atomic mass is 10.0. The maximum atomic E-state index is 6.00. The van der Waals surface area contributed by atoms with Gasteiger partial charge in [0.1, 0.15) is 5.65 Å². The van der Waals surface area contributed by atoms with Gasteiger partial charge in [-0.2, -0.15) is 0 Å². The quantitative estimate of drug-likeness (QED) is 0.851. The summed E-state index contributed by atoms with van der Waals surface area (Å²) in [6.45, 7) is 5.82. The number of morpholine rings is 1. The highest BCUT2D eigenvalue weighted by Crippen LogP contribution is 2.27. The van der Waals surface area contributed by atoms with E-state index in [0.717, 1.165) is 44.0 Å². The molecule has 2 aromatic heterocycles. The minimum atomic E-state index is 0.153. The fourth-order valence-electron chi connectivity index (χ4n) is 2.97. The van der Waals surface area contributed by atoms with Crippen molar-refractivity contribution in [3.8, 4) is 0 Å². The van der Waals surface area contributed by atoms with Crippen LogP contribution in [0.15, 0.2) is 30.6 Å². The first-order chi connectivity index (χ1) is 10.3. The summed E-state index contributed by atoms with van der Waals surface area (Å²) in [6.07, 6.45) is 5.46. The lowest BCUT2D eigenvalue weighted by Gasteiger charge is -2.38. The van der Waals surface area contributed by atoms with Gasteiger partial charge in [0.25, 0.3) is 0 Å². The molecule has 114 valence electrons. The minimum Gasteiger partial charge on any atom is -0.374 e. The molecule has 1 aliphatic heterocycles. The van der Waals surface area contributed by atoms with Crippen LogP contribution in [0.3, 0.4) is 0 Å². The first-order valence-electron chi connectivity index (χ1n) is 7.76.